The molecule has 0 spiro atoms. The lowest BCUT2D eigenvalue weighted by molar-refractivity contribution is 0.0256. The third kappa shape index (κ3) is 2.54. The Kier molecular flexibility index (Phi) is 4.20. The zero-order valence-electron chi connectivity index (χ0n) is 12.2. The lowest BCUT2D eigenvalue weighted by atomic mass is 10.1. The zero-order valence-corrected chi connectivity index (χ0v) is 13.0. The van der Waals surface area contributed by atoms with Crippen molar-refractivity contribution in [2.45, 2.75) is 44.4 Å². The predicted molar refractivity (Wildman–Crippen MR) is 83.7 cm³/mol. The first-order valence-corrected chi connectivity index (χ1v) is 7.93. The Morgan fingerprint density at radius 1 is 1.40 bits per heavy atom. The molecule has 0 aromatic heterocycles. The van der Waals surface area contributed by atoms with Crippen LogP contribution in [0.3, 0.4) is 0 Å². The van der Waals surface area contributed by atoms with E-state index < -0.39 is 0 Å². The quantitative estimate of drug-likeness (QED) is 0.925. The van der Waals surface area contributed by atoms with Crippen molar-refractivity contribution in [3.05, 3.63) is 28.8 Å². The van der Waals surface area contributed by atoms with Gasteiger partial charge in [-0.25, -0.2) is 0 Å². The number of rotatable bonds is 3. The molecule has 1 saturated heterocycles. The fourth-order valence-electron chi connectivity index (χ4n) is 3.45. The van der Waals surface area contributed by atoms with Gasteiger partial charge in [-0.3, -0.25) is 0 Å². The van der Waals surface area contributed by atoms with Gasteiger partial charge in [-0.1, -0.05) is 17.7 Å². The standard InChI is InChI=1S/C16H23ClN2O/c1-11(18-2)13-7-6-12(10-14(13)17)19-8-9-20-16-5-3-4-15(16)19/h6-7,10-11,15-16,18H,3-5,8-9H2,1-2H3. The smallest absolute Gasteiger partial charge is 0.0779 e. The second-order valence-electron chi connectivity index (χ2n) is 5.82. The van der Waals surface area contributed by atoms with Crippen LogP contribution in [0.5, 0.6) is 0 Å². The van der Waals surface area contributed by atoms with Gasteiger partial charge in [0, 0.05) is 23.3 Å². The van der Waals surface area contributed by atoms with Crippen LogP contribution in [0.25, 0.3) is 0 Å². The highest BCUT2D eigenvalue weighted by molar-refractivity contribution is 6.31. The Bertz CT molecular complexity index is 480. The molecule has 0 bridgehead atoms. The minimum Gasteiger partial charge on any atom is -0.374 e. The fourth-order valence-corrected chi connectivity index (χ4v) is 3.79. The van der Waals surface area contributed by atoms with E-state index in [9.17, 15) is 0 Å². The molecule has 1 aliphatic heterocycles. The van der Waals surface area contributed by atoms with E-state index >= 15 is 0 Å². The summed E-state index contributed by atoms with van der Waals surface area (Å²) in [6, 6.07) is 7.28. The number of hydrogen-bond acceptors (Lipinski definition) is 3. The van der Waals surface area contributed by atoms with E-state index in [1.807, 2.05) is 7.05 Å². The second kappa shape index (κ2) is 5.92. The average Bonchev–Trinajstić information content (AvgIpc) is 2.94. The Morgan fingerprint density at radius 2 is 2.25 bits per heavy atom. The molecule has 0 radical (unpaired) electrons. The predicted octanol–water partition coefficient (Wildman–Crippen LogP) is 3.38. The Morgan fingerprint density at radius 3 is 3.00 bits per heavy atom. The molecule has 1 aromatic rings. The van der Waals surface area contributed by atoms with Gasteiger partial charge in [0.15, 0.2) is 0 Å². The van der Waals surface area contributed by atoms with Crippen LogP contribution in [0, 0.1) is 0 Å². The Labute approximate surface area is 126 Å². The van der Waals surface area contributed by atoms with E-state index in [0.29, 0.717) is 12.1 Å². The molecular weight excluding hydrogens is 272 g/mol. The van der Waals surface area contributed by atoms with Crippen molar-refractivity contribution < 1.29 is 4.74 Å². The lowest BCUT2D eigenvalue weighted by Gasteiger charge is -2.39. The summed E-state index contributed by atoms with van der Waals surface area (Å²) in [5.41, 5.74) is 2.40. The number of ether oxygens (including phenoxy) is 1. The van der Waals surface area contributed by atoms with Crippen molar-refractivity contribution in [3.63, 3.8) is 0 Å². The van der Waals surface area contributed by atoms with Crippen molar-refractivity contribution in [1.82, 2.24) is 5.32 Å². The van der Waals surface area contributed by atoms with Crippen LogP contribution < -0.4 is 10.2 Å². The van der Waals surface area contributed by atoms with Crippen LogP contribution >= 0.6 is 11.6 Å². The molecule has 1 saturated carbocycles. The van der Waals surface area contributed by atoms with Crippen LogP contribution in [0.4, 0.5) is 5.69 Å². The highest BCUT2D eigenvalue weighted by Crippen LogP contribution is 2.35. The lowest BCUT2D eigenvalue weighted by Crippen LogP contribution is -2.48. The molecule has 1 heterocycles. The summed E-state index contributed by atoms with van der Waals surface area (Å²) in [4.78, 5) is 2.49. The summed E-state index contributed by atoms with van der Waals surface area (Å²) in [7, 11) is 1.96. The van der Waals surface area contributed by atoms with Gasteiger partial charge in [0.25, 0.3) is 0 Å². The monoisotopic (exact) mass is 294 g/mol. The van der Waals surface area contributed by atoms with Gasteiger partial charge in [-0.15, -0.1) is 0 Å². The van der Waals surface area contributed by atoms with Crippen molar-refractivity contribution in [3.8, 4) is 0 Å². The molecule has 1 aliphatic carbocycles. The normalized spacial score (nSPS) is 27.4. The largest absolute Gasteiger partial charge is 0.374 e. The molecule has 3 atom stereocenters. The highest BCUT2D eigenvalue weighted by Gasteiger charge is 2.36. The molecule has 4 heteroatoms. The molecule has 20 heavy (non-hydrogen) atoms. The van der Waals surface area contributed by atoms with E-state index in [1.165, 1.54) is 24.9 Å². The van der Waals surface area contributed by atoms with Crippen LogP contribution in [0.15, 0.2) is 18.2 Å². The van der Waals surface area contributed by atoms with Crippen LogP contribution in [0.2, 0.25) is 5.02 Å². The number of fused-ring (bicyclic) bond motifs is 1. The molecule has 110 valence electrons. The van der Waals surface area contributed by atoms with Crippen molar-refractivity contribution in [2.75, 3.05) is 25.1 Å². The van der Waals surface area contributed by atoms with E-state index in [1.54, 1.807) is 0 Å². The number of hydrogen-bond donors (Lipinski definition) is 1. The second-order valence-corrected chi connectivity index (χ2v) is 6.22. The van der Waals surface area contributed by atoms with E-state index in [-0.39, 0.29) is 6.04 Å². The molecule has 3 rings (SSSR count). The molecule has 2 aliphatic rings. The first-order chi connectivity index (χ1) is 9.70. The maximum Gasteiger partial charge on any atom is 0.0779 e. The average molecular weight is 295 g/mol. The van der Waals surface area contributed by atoms with Gasteiger partial charge in [-0.2, -0.15) is 0 Å². The first kappa shape index (κ1) is 14.2. The molecule has 2 fully saturated rings. The summed E-state index contributed by atoms with van der Waals surface area (Å²) in [5.74, 6) is 0. The van der Waals surface area contributed by atoms with Crippen LogP contribution in [-0.4, -0.2) is 32.3 Å². The number of morpholine rings is 1. The summed E-state index contributed by atoms with van der Waals surface area (Å²) in [5, 5.41) is 4.09. The maximum atomic E-state index is 6.47. The van der Waals surface area contributed by atoms with Gasteiger partial charge in [0.05, 0.1) is 18.8 Å². The minimum absolute atomic E-state index is 0.278. The topological polar surface area (TPSA) is 24.5 Å². The third-order valence-electron chi connectivity index (χ3n) is 4.70. The SMILES string of the molecule is CNC(C)c1ccc(N2CCOC3CCCC32)cc1Cl. The van der Waals surface area contributed by atoms with Gasteiger partial charge >= 0.3 is 0 Å². The first-order valence-electron chi connectivity index (χ1n) is 7.55. The van der Waals surface area contributed by atoms with Crippen molar-refractivity contribution in [2.24, 2.45) is 0 Å². The molecule has 1 N–H and O–H groups in total. The van der Waals surface area contributed by atoms with Gasteiger partial charge in [0.2, 0.25) is 0 Å². The van der Waals surface area contributed by atoms with Crippen LogP contribution in [-0.2, 0) is 4.74 Å². The number of benzene rings is 1. The molecule has 0 amide bonds. The fraction of sp³-hybridized carbons (Fsp3) is 0.625. The molecule has 1 aromatic carbocycles. The maximum absolute atomic E-state index is 6.47. The number of nitrogens with zero attached hydrogens (tertiary/aromatic N) is 1. The number of halogens is 1. The van der Waals surface area contributed by atoms with Gasteiger partial charge in [-0.05, 0) is 50.9 Å². The Hall–Kier alpha value is -0.770. The molecule has 3 unspecified atom stereocenters. The Balaban J connectivity index is 1.85. The van der Waals surface area contributed by atoms with Crippen molar-refractivity contribution >= 4 is 17.3 Å². The number of anilines is 1. The minimum atomic E-state index is 0.278. The third-order valence-corrected chi connectivity index (χ3v) is 5.02. The van der Waals surface area contributed by atoms with E-state index in [0.717, 1.165) is 23.7 Å². The molecular formula is C16H23ClN2O. The highest BCUT2D eigenvalue weighted by atomic mass is 35.5. The van der Waals surface area contributed by atoms with E-state index in [2.05, 4.69) is 35.3 Å². The summed E-state index contributed by atoms with van der Waals surface area (Å²) in [6.45, 7) is 3.93. The van der Waals surface area contributed by atoms with Gasteiger partial charge in [0.1, 0.15) is 0 Å². The van der Waals surface area contributed by atoms with Crippen LogP contribution in [0.1, 0.15) is 37.8 Å². The molecule has 3 nitrogen and oxygen atoms in total. The zero-order chi connectivity index (χ0) is 14.1. The summed E-state index contributed by atoms with van der Waals surface area (Å²) >= 11 is 6.47. The number of nitrogens with one attached hydrogen (secondary N) is 1. The van der Waals surface area contributed by atoms with Gasteiger partial charge < -0.3 is 15.0 Å². The van der Waals surface area contributed by atoms with E-state index in [4.69, 9.17) is 16.3 Å². The summed E-state index contributed by atoms with van der Waals surface area (Å²) in [6.07, 6.45) is 4.12. The van der Waals surface area contributed by atoms with Crippen molar-refractivity contribution in [1.29, 1.82) is 0 Å². The summed E-state index contributed by atoms with van der Waals surface area (Å²) < 4.78 is 5.88.